The van der Waals surface area contributed by atoms with Crippen LogP contribution in [-0.2, 0) is 6.54 Å². The Hall–Kier alpha value is -2.11. The van der Waals surface area contributed by atoms with Gasteiger partial charge in [-0.3, -0.25) is 4.79 Å². The molecule has 2 rings (SSSR count). The fourth-order valence-electron chi connectivity index (χ4n) is 1.90. The first-order valence-corrected chi connectivity index (χ1v) is 6.47. The zero-order valence-corrected chi connectivity index (χ0v) is 11.1. The summed E-state index contributed by atoms with van der Waals surface area (Å²) in [7, 11) is 0. The minimum atomic E-state index is -0.934. The van der Waals surface area contributed by atoms with Crippen molar-refractivity contribution in [1.29, 1.82) is 0 Å². The highest BCUT2D eigenvalue weighted by Gasteiger charge is 2.12. The van der Waals surface area contributed by atoms with Crippen molar-refractivity contribution in [2.75, 3.05) is 13.2 Å². The number of aliphatic hydroxyl groups is 2. The van der Waals surface area contributed by atoms with Crippen LogP contribution in [0.2, 0.25) is 0 Å². The first kappa shape index (κ1) is 14.3. The molecule has 0 fully saturated rings. The van der Waals surface area contributed by atoms with E-state index in [1.165, 1.54) is 0 Å². The van der Waals surface area contributed by atoms with Crippen molar-refractivity contribution in [3.8, 4) is 0 Å². The fraction of sp³-hybridized carbons (Fsp3) is 0.267. The van der Waals surface area contributed by atoms with Crippen LogP contribution in [0.3, 0.4) is 0 Å². The van der Waals surface area contributed by atoms with E-state index < -0.39 is 6.10 Å². The summed E-state index contributed by atoms with van der Waals surface area (Å²) in [4.78, 5) is 12.0. The second-order valence-corrected chi connectivity index (χ2v) is 4.55. The molecule has 1 heterocycles. The first-order chi connectivity index (χ1) is 9.70. The third-order valence-corrected chi connectivity index (χ3v) is 2.97. The smallest absolute Gasteiger partial charge is 0.268 e. The molecule has 0 radical (unpaired) electrons. The molecule has 20 heavy (non-hydrogen) atoms. The summed E-state index contributed by atoms with van der Waals surface area (Å²) in [6.45, 7) is 0.274. The van der Waals surface area contributed by atoms with Gasteiger partial charge in [-0.25, -0.2) is 0 Å². The highest BCUT2D eigenvalue weighted by Crippen LogP contribution is 2.07. The second kappa shape index (κ2) is 6.88. The topological polar surface area (TPSA) is 74.5 Å². The first-order valence-electron chi connectivity index (χ1n) is 6.47. The van der Waals surface area contributed by atoms with Gasteiger partial charge in [-0.05, 0) is 17.7 Å². The molecule has 1 amide bonds. The molecule has 3 N–H and O–H groups in total. The van der Waals surface area contributed by atoms with Crippen LogP contribution in [0.4, 0.5) is 0 Å². The average Bonchev–Trinajstić information content (AvgIpc) is 2.93. The number of amides is 1. The maximum absolute atomic E-state index is 12.0. The minimum absolute atomic E-state index is 0.0336. The molecule has 0 bridgehead atoms. The van der Waals surface area contributed by atoms with Crippen molar-refractivity contribution in [2.45, 2.75) is 12.6 Å². The molecule has 1 aromatic heterocycles. The summed E-state index contributed by atoms with van der Waals surface area (Å²) >= 11 is 0. The maximum atomic E-state index is 12.0. The Morgan fingerprint density at radius 1 is 1.20 bits per heavy atom. The van der Waals surface area contributed by atoms with Gasteiger partial charge in [0.2, 0.25) is 0 Å². The summed E-state index contributed by atoms with van der Waals surface area (Å²) < 4.78 is 1.84. The fourth-order valence-corrected chi connectivity index (χ4v) is 1.90. The molecule has 1 atom stereocenters. The van der Waals surface area contributed by atoms with Crippen LogP contribution >= 0.6 is 0 Å². The quantitative estimate of drug-likeness (QED) is 0.723. The van der Waals surface area contributed by atoms with E-state index in [-0.39, 0.29) is 19.1 Å². The lowest BCUT2D eigenvalue weighted by Crippen LogP contribution is -2.34. The van der Waals surface area contributed by atoms with Crippen molar-refractivity contribution in [1.82, 2.24) is 9.88 Å². The van der Waals surface area contributed by atoms with Crippen LogP contribution in [0.25, 0.3) is 0 Å². The molecule has 0 aliphatic carbocycles. The van der Waals surface area contributed by atoms with Gasteiger partial charge in [0.05, 0.1) is 12.7 Å². The lowest BCUT2D eigenvalue weighted by Gasteiger charge is -2.11. The van der Waals surface area contributed by atoms with Crippen molar-refractivity contribution in [3.63, 3.8) is 0 Å². The summed E-state index contributed by atoms with van der Waals surface area (Å²) in [6.07, 6.45) is 0.904. The molecular weight excluding hydrogens is 256 g/mol. The van der Waals surface area contributed by atoms with Crippen LogP contribution < -0.4 is 5.32 Å². The van der Waals surface area contributed by atoms with Gasteiger partial charge in [0.25, 0.3) is 5.91 Å². The Labute approximate surface area is 117 Å². The summed E-state index contributed by atoms with van der Waals surface area (Å²) in [5.74, 6) is -0.265. The number of benzene rings is 1. The van der Waals surface area contributed by atoms with Crippen molar-refractivity contribution < 1.29 is 15.0 Å². The van der Waals surface area contributed by atoms with E-state index in [0.29, 0.717) is 12.2 Å². The van der Waals surface area contributed by atoms with E-state index in [9.17, 15) is 9.90 Å². The molecule has 5 nitrogen and oxygen atoms in total. The molecule has 0 saturated heterocycles. The van der Waals surface area contributed by atoms with Gasteiger partial charge in [-0.1, -0.05) is 30.3 Å². The molecular formula is C15H18N2O3. The third-order valence-electron chi connectivity index (χ3n) is 2.97. The highest BCUT2D eigenvalue weighted by molar-refractivity contribution is 5.92. The number of hydrogen-bond donors (Lipinski definition) is 3. The van der Waals surface area contributed by atoms with Crippen LogP contribution in [0.1, 0.15) is 16.1 Å². The van der Waals surface area contributed by atoms with E-state index in [2.05, 4.69) is 5.32 Å². The van der Waals surface area contributed by atoms with E-state index >= 15 is 0 Å². The normalized spacial score (nSPS) is 12.1. The predicted octanol–water partition coefficient (Wildman–Crippen LogP) is 0.619. The largest absolute Gasteiger partial charge is 0.394 e. The number of aliphatic hydroxyl groups excluding tert-OH is 2. The highest BCUT2D eigenvalue weighted by atomic mass is 16.3. The summed E-state index contributed by atoms with van der Waals surface area (Å²) in [5, 5.41) is 20.6. The number of carbonyl (C=O) groups excluding carboxylic acids is 1. The minimum Gasteiger partial charge on any atom is -0.394 e. The van der Waals surface area contributed by atoms with Gasteiger partial charge >= 0.3 is 0 Å². The molecule has 1 aromatic carbocycles. The Morgan fingerprint density at radius 3 is 2.65 bits per heavy atom. The van der Waals surface area contributed by atoms with Gasteiger partial charge in [-0.15, -0.1) is 0 Å². The standard InChI is InChI=1S/C15H18N2O3/c18-11-13(19)9-16-15(20)14-7-4-8-17(14)10-12-5-2-1-3-6-12/h1-8,13,18-19H,9-11H2,(H,16,20). The number of hydrogen-bond acceptors (Lipinski definition) is 3. The summed E-state index contributed by atoms with van der Waals surface area (Å²) in [6, 6.07) is 13.4. The number of carbonyl (C=O) groups is 1. The predicted molar refractivity (Wildman–Crippen MR) is 75.4 cm³/mol. The van der Waals surface area contributed by atoms with Gasteiger partial charge in [0.15, 0.2) is 0 Å². The summed E-state index contributed by atoms with van der Waals surface area (Å²) in [5.41, 5.74) is 1.63. The molecule has 0 saturated carbocycles. The zero-order chi connectivity index (χ0) is 14.4. The second-order valence-electron chi connectivity index (χ2n) is 4.55. The van der Waals surface area contributed by atoms with Gasteiger partial charge < -0.3 is 20.1 Å². The Balaban J connectivity index is 2.03. The third kappa shape index (κ3) is 3.69. The Morgan fingerprint density at radius 2 is 1.95 bits per heavy atom. The lowest BCUT2D eigenvalue weighted by molar-refractivity contribution is 0.0796. The average molecular weight is 274 g/mol. The monoisotopic (exact) mass is 274 g/mol. The van der Waals surface area contributed by atoms with Crippen LogP contribution in [0.5, 0.6) is 0 Å². The zero-order valence-electron chi connectivity index (χ0n) is 11.1. The molecule has 0 spiro atoms. The molecule has 106 valence electrons. The van der Waals surface area contributed by atoms with E-state index in [0.717, 1.165) is 5.56 Å². The van der Waals surface area contributed by atoms with Gasteiger partial charge in [0.1, 0.15) is 5.69 Å². The van der Waals surface area contributed by atoms with Gasteiger partial charge in [0, 0.05) is 19.3 Å². The van der Waals surface area contributed by atoms with E-state index in [4.69, 9.17) is 5.11 Å². The Bertz CT molecular complexity index is 551. The number of nitrogens with one attached hydrogen (secondary N) is 1. The van der Waals surface area contributed by atoms with Crippen LogP contribution in [-0.4, -0.2) is 39.9 Å². The molecule has 0 aliphatic heterocycles. The SMILES string of the molecule is O=C(NCC(O)CO)c1cccn1Cc1ccccc1. The van der Waals surface area contributed by atoms with Gasteiger partial charge in [-0.2, -0.15) is 0 Å². The lowest BCUT2D eigenvalue weighted by atomic mass is 10.2. The van der Waals surface area contributed by atoms with E-state index in [1.807, 2.05) is 41.1 Å². The Kier molecular flexibility index (Phi) is 4.92. The van der Waals surface area contributed by atoms with Crippen LogP contribution in [0, 0.1) is 0 Å². The van der Waals surface area contributed by atoms with Crippen molar-refractivity contribution in [2.24, 2.45) is 0 Å². The number of nitrogens with zero attached hydrogens (tertiary/aromatic N) is 1. The maximum Gasteiger partial charge on any atom is 0.268 e. The molecule has 1 unspecified atom stereocenters. The molecule has 2 aromatic rings. The number of rotatable bonds is 6. The molecule has 0 aliphatic rings. The molecule has 5 heteroatoms. The van der Waals surface area contributed by atoms with Crippen molar-refractivity contribution >= 4 is 5.91 Å². The van der Waals surface area contributed by atoms with Crippen LogP contribution in [0.15, 0.2) is 48.7 Å². The van der Waals surface area contributed by atoms with E-state index in [1.54, 1.807) is 12.1 Å². The van der Waals surface area contributed by atoms with Crippen molar-refractivity contribution in [3.05, 3.63) is 59.9 Å². The number of aromatic nitrogens is 1.